The lowest BCUT2D eigenvalue weighted by Gasteiger charge is -2.17. The number of benzene rings is 1. The van der Waals surface area contributed by atoms with Crippen LogP contribution in [-0.2, 0) is 6.18 Å². The molecule has 1 aromatic heterocycles. The lowest BCUT2D eigenvalue weighted by Crippen LogP contribution is -2.09. The summed E-state index contributed by atoms with van der Waals surface area (Å²) in [5.41, 5.74) is 5.39. The largest absolute Gasteiger partial charge is 0.492 e. The van der Waals surface area contributed by atoms with Crippen LogP contribution in [0.2, 0.25) is 0 Å². The van der Waals surface area contributed by atoms with E-state index in [0.29, 0.717) is 11.3 Å². The Morgan fingerprint density at radius 3 is 2.25 bits per heavy atom. The third-order valence-corrected chi connectivity index (χ3v) is 2.71. The molecule has 3 N–H and O–H groups in total. The number of methoxy groups -OCH3 is 2. The van der Waals surface area contributed by atoms with Crippen molar-refractivity contribution in [2.45, 2.75) is 6.18 Å². The molecular weight excluding hydrogens is 275 g/mol. The summed E-state index contributed by atoms with van der Waals surface area (Å²) in [5.74, 6) is -0.197. The van der Waals surface area contributed by atoms with Gasteiger partial charge in [0.15, 0.2) is 11.5 Å². The van der Waals surface area contributed by atoms with Crippen LogP contribution in [0.25, 0.3) is 11.3 Å². The van der Waals surface area contributed by atoms with Crippen LogP contribution in [0.3, 0.4) is 0 Å². The van der Waals surface area contributed by atoms with Crippen LogP contribution in [0.4, 0.5) is 19.0 Å². The first kappa shape index (κ1) is 14.0. The van der Waals surface area contributed by atoms with Gasteiger partial charge in [-0.2, -0.15) is 18.3 Å². The predicted octanol–water partition coefficient (Wildman–Crippen LogP) is 2.69. The quantitative estimate of drug-likeness (QED) is 0.910. The topological polar surface area (TPSA) is 73.2 Å². The van der Waals surface area contributed by atoms with E-state index in [-0.39, 0.29) is 17.3 Å². The van der Waals surface area contributed by atoms with E-state index in [1.165, 1.54) is 19.2 Å². The molecule has 0 aliphatic heterocycles. The van der Waals surface area contributed by atoms with Crippen LogP contribution in [0.15, 0.2) is 18.2 Å². The Morgan fingerprint density at radius 2 is 1.80 bits per heavy atom. The number of aromatic amines is 1. The Kier molecular flexibility index (Phi) is 3.47. The van der Waals surface area contributed by atoms with Crippen molar-refractivity contribution >= 4 is 5.82 Å². The average molecular weight is 287 g/mol. The van der Waals surface area contributed by atoms with Gasteiger partial charge < -0.3 is 15.2 Å². The summed E-state index contributed by atoms with van der Waals surface area (Å²) in [6.07, 6.45) is -4.54. The second-order valence-corrected chi connectivity index (χ2v) is 3.93. The number of hydrogen-bond donors (Lipinski definition) is 2. The van der Waals surface area contributed by atoms with Crippen molar-refractivity contribution in [2.75, 3.05) is 20.0 Å². The van der Waals surface area contributed by atoms with Gasteiger partial charge in [-0.3, -0.25) is 5.10 Å². The van der Waals surface area contributed by atoms with Gasteiger partial charge in [0, 0.05) is 11.6 Å². The van der Waals surface area contributed by atoms with Gasteiger partial charge in [-0.1, -0.05) is 0 Å². The van der Waals surface area contributed by atoms with Crippen LogP contribution in [0.5, 0.6) is 11.5 Å². The van der Waals surface area contributed by atoms with E-state index >= 15 is 0 Å². The fourth-order valence-electron chi connectivity index (χ4n) is 1.88. The molecular formula is C12H12F3N3O2. The van der Waals surface area contributed by atoms with E-state index in [4.69, 9.17) is 15.2 Å². The first-order valence-corrected chi connectivity index (χ1v) is 5.52. The molecule has 0 aliphatic rings. The second kappa shape index (κ2) is 4.95. The van der Waals surface area contributed by atoms with Crippen molar-refractivity contribution in [1.29, 1.82) is 0 Å². The number of anilines is 1. The van der Waals surface area contributed by atoms with Gasteiger partial charge >= 0.3 is 6.18 Å². The molecule has 0 unspecified atom stereocenters. The van der Waals surface area contributed by atoms with Crippen LogP contribution >= 0.6 is 0 Å². The highest BCUT2D eigenvalue weighted by molar-refractivity contribution is 5.74. The molecule has 0 aliphatic carbocycles. The Labute approximate surface area is 112 Å². The number of H-pyrrole nitrogens is 1. The average Bonchev–Trinajstić information content (AvgIpc) is 2.82. The highest BCUT2D eigenvalue weighted by atomic mass is 19.4. The molecule has 0 fully saturated rings. The highest BCUT2D eigenvalue weighted by Gasteiger charge is 2.36. The SMILES string of the molecule is COc1c(-c2cc(N)n[nH]2)ccc(C(F)(F)F)c1OC. The third-order valence-electron chi connectivity index (χ3n) is 2.71. The minimum atomic E-state index is -4.54. The number of rotatable bonds is 3. The number of nitrogens with one attached hydrogen (secondary N) is 1. The maximum Gasteiger partial charge on any atom is 0.420 e. The molecule has 5 nitrogen and oxygen atoms in total. The summed E-state index contributed by atoms with van der Waals surface area (Å²) in [4.78, 5) is 0. The molecule has 0 radical (unpaired) electrons. The molecule has 2 rings (SSSR count). The van der Waals surface area contributed by atoms with Gasteiger partial charge in [-0.05, 0) is 12.1 Å². The standard InChI is InChI=1S/C12H12F3N3O2/c1-19-10-6(8-5-9(16)18-17-8)3-4-7(11(10)20-2)12(13,14)15/h3-5H,1-2H3,(H3,16,17,18). The van der Waals surface area contributed by atoms with Crippen LogP contribution in [0.1, 0.15) is 5.56 Å². The smallest absolute Gasteiger partial charge is 0.420 e. The lowest BCUT2D eigenvalue weighted by atomic mass is 10.1. The maximum absolute atomic E-state index is 12.9. The minimum absolute atomic E-state index is 0.0361. The molecule has 0 saturated carbocycles. The second-order valence-electron chi connectivity index (χ2n) is 3.93. The Bertz CT molecular complexity index is 623. The van der Waals surface area contributed by atoms with Gasteiger partial charge in [0.2, 0.25) is 0 Å². The molecule has 108 valence electrons. The summed E-state index contributed by atoms with van der Waals surface area (Å²) >= 11 is 0. The Morgan fingerprint density at radius 1 is 1.15 bits per heavy atom. The van der Waals surface area contributed by atoms with Crippen molar-refractivity contribution < 1.29 is 22.6 Å². The lowest BCUT2D eigenvalue weighted by molar-refractivity contribution is -0.138. The monoisotopic (exact) mass is 287 g/mol. The summed E-state index contributed by atoms with van der Waals surface area (Å²) in [5, 5.41) is 6.34. The van der Waals surface area contributed by atoms with E-state index in [1.807, 2.05) is 0 Å². The highest BCUT2D eigenvalue weighted by Crippen LogP contribution is 2.46. The van der Waals surface area contributed by atoms with Crippen LogP contribution in [0, 0.1) is 0 Å². The van der Waals surface area contributed by atoms with Crippen molar-refractivity contribution in [3.63, 3.8) is 0 Å². The Hall–Kier alpha value is -2.38. The molecule has 0 saturated heterocycles. The third kappa shape index (κ3) is 2.36. The number of hydrogen-bond acceptors (Lipinski definition) is 4. The Balaban J connectivity index is 2.67. The fraction of sp³-hybridized carbons (Fsp3) is 0.250. The molecule has 0 spiro atoms. The molecule has 8 heteroatoms. The van der Waals surface area contributed by atoms with E-state index in [2.05, 4.69) is 10.2 Å². The van der Waals surface area contributed by atoms with Gasteiger partial charge in [0.25, 0.3) is 0 Å². The molecule has 1 heterocycles. The van der Waals surface area contributed by atoms with E-state index in [0.717, 1.165) is 13.2 Å². The molecule has 20 heavy (non-hydrogen) atoms. The number of ether oxygens (including phenoxy) is 2. The fourth-order valence-corrected chi connectivity index (χ4v) is 1.88. The first-order chi connectivity index (χ1) is 9.38. The number of halogens is 3. The summed E-state index contributed by atoms with van der Waals surface area (Å²) in [6.45, 7) is 0. The molecule has 0 bridgehead atoms. The van der Waals surface area contributed by atoms with Gasteiger partial charge in [-0.25, -0.2) is 0 Å². The first-order valence-electron chi connectivity index (χ1n) is 5.52. The van der Waals surface area contributed by atoms with Crippen molar-refractivity contribution in [3.8, 4) is 22.8 Å². The zero-order valence-corrected chi connectivity index (χ0v) is 10.7. The van der Waals surface area contributed by atoms with Crippen molar-refractivity contribution in [3.05, 3.63) is 23.8 Å². The number of alkyl halides is 3. The van der Waals surface area contributed by atoms with E-state index < -0.39 is 11.7 Å². The molecule has 2 aromatic rings. The molecule has 0 amide bonds. The van der Waals surface area contributed by atoms with Gasteiger partial charge in [0.05, 0.1) is 19.9 Å². The van der Waals surface area contributed by atoms with Crippen LogP contribution in [-0.4, -0.2) is 24.4 Å². The maximum atomic E-state index is 12.9. The predicted molar refractivity (Wildman–Crippen MR) is 66.5 cm³/mol. The van der Waals surface area contributed by atoms with E-state index in [9.17, 15) is 13.2 Å². The normalized spacial score (nSPS) is 11.4. The minimum Gasteiger partial charge on any atom is -0.492 e. The summed E-state index contributed by atoms with van der Waals surface area (Å²) in [6, 6.07) is 3.69. The van der Waals surface area contributed by atoms with Crippen LogP contribution < -0.4 is 15.2 Å². The molecule has 0 atom stereocenters. The van der Waals surface area contributed by atoms with Crippen molar-refractivity contribution in [1.82, 2.24) is 10.2 Å². The van der Waals surface area contributed by atoms with E-state index in [1.54, 1.807) is 0 Å². The summed E-state index contributed by atoms with van der Waals surface area (Å²) in [7, 11) is 2.42. The number of nitrogen functional groups attached to an aromatic ring is 1. The summed E-state index contributed by atoms with van der Waals surface area (Å²) < 4.78 is 48.6. The molecule has 1 aromatic carbocycles. The number of aromatic nitrogens is 2. The zero-order chi connectivity index (χ0) is 14.9. The zero-order valence-electron chi connectivity index (χ0n) is 10.7. The van der Waals surface area contributed by atoms with Crippen molar-refractivity contribution in [2.24, 2.45) is 0 Å². The van der Waals surface area contributed by atoms with Gasteiger partial charge in [0.1, 0.15) is 11.4 Å². The number of nitrogens with zero attached hydrogens (tertiary/aromatic N) is 1. The number of nitrogens with two attached hydrogens (primary N) is 1. The van der Waals surface area contributed by atoms with Gasteiger partial charge in [-0.15, -0.1) is 0 Å².